The molecule has 2 aromatic rings. The predicted octanol–water partition coefficient (Wildman–Crippen LogP) is 2.52. The second-order valence-electron chi connectivity index (χ2n) is 3.53. The van der Waals surface area contributed by atoms with Gasteiger partial charge in [0.15, 0.2) is 0 Å². The Hall–Kier alpha value is -2.08. The molecule has 0 radical (unpaired) electrons. The molecule has 0 fully saturated rings. The highest BCUT2D eigenvalue weighted by molar-refractivity contribution is 6.30. The van der Waals surface area contributed by atoms with Gasteiger partial charge in [-0.2, -0.15) is 0 Å². The Balaban J connectivity index is 1.86. The van der Waals surface area contributed by atoms with Gasteiger partial charge in [0, 0.05) is 5.02 Å². The monoisotopic (exact) mass is 267 g/mol. The van der Waals surface area contributed by atoms with E-state index in [4.69, 9.17) is 16.3 Å². The van der Waals surface area contributed by atoms with Crippen molar-refractivity contribution in [3.8, 4) is 5.75 Å². The third-order valence-corrected chi connectivity index (χ3v) is 2.46. The van der Waals surface area contributed by atoms with Crippen LogP contribution in [0.5, 0.6) is 5.75 Å². The molecule has 0 bridgehead atoms. The molecule has 6 nitrogen and oxygen atoms in total. The van der Waals surface area contributed by atoms with Crippen LogP contribution in [0, 0.1) is 10.1 Å². The van der Waals surface area contributed by atoms with Gasteiger partial charge < -0.3 is 19.4 Å². The zero-order valence-corrected chi connectivity index (χ0v) is 10.1. The maximum atomic E-state index is 10.4. The van der Waals surface area contributed by atoms with Crippen molar-refractivity contribution in [3.05, 3.63) is 51.9 Å². The first-order chi connectivity index (χ1) is 8.65. The minimum Gasteiger partial charge on any atom is -0.492 e. The zero-order chi connectivity index (χ0) is 13.0. The Labute approximate surface area is 108 Å². The van der Waals surface area contributed by atoms with E-state index >= 15 is 0 Å². The first kappa shape index (κ1) is 12.4. The summed E-state index contributed by atoms with van der Waals surface area (Å²) in [6, 6.07) is 7.05. The molecular formula is C11H10ClN3O3. The summed E-state index contributed by atoms with van der Waals surface area (Å²) in [5.41, 5.74) is 0. The largest absolute Gasteiger partial charge is 0.492 e. The van der Waals surface area contributed by atoms with Crippen LogP contribution in [-0.4, -0.2) is 21.1 Å². The van der Waals surface area contributed by atoms with Gasteiger partial charge in [0.05, 0.1) is 6.54 Å². The van der Waals surface area contributed by atoms with Crippen LogP contribution in [0.15, 0.2) is 36.8 Å². The number of nitro groups is 1. The second kappa shape index (κ2) is 5.50. The van der Waals surface area contributed by atoms with E-state index in [0.29, 0.717) is 23.9 Å². The van der Waals surface area contributed by atoms with E-state index in [1.54, 1.807) is 28.8 Å². The third-order valence-electron chi connectivity index (χ3n) is 2.22. The Morgan fingerprint density at radius 2 is 2.33 bits per heavy atom. The Morgan fingerprint density at radius 3 is 3.00 bits per heavy atom. The number of imidazole rings is 1. The SMILES string of the molecule is O=[N+]([O-])c1cn(CCOc2cccc(Cl)c2)cn1. The van der Waals surface area contributed by atoms with Gasteiger partial charge in [-0.3, -0.25) is 0 Å². The molecule has 0 N–H and O–H groups in total. The lowest BCUT2D eigenvalue weighted by Crippen LogP contribution is -2.06. The molecule has 1 aromatic heterocycles. The number of hydrogen-bond donors (Lipinski definition) is 0. The number of benzene rings is 1. The van der Waals surface area contributed by atoms with Crippen molar-refractivity contribution >= 4 is 17.4 Å². The molecule has 1 heterocycles. The standard InChI is InChI=1S/C11H10ClN3O3/c12-9-2-1-3-10(6-9)18-5-4-14-7-11(13-8-14)15(16)17/h1-3,6-8H,4-5H2. The van der Waals surface area contributed by atoms with Crippen LogP contribution in [0.1, 0.15) is 0 Å². The minimum atomic E-state index is -0.533. The van der Waals surface area contributed by atoms with Crippen molar-refractivity contribution < 1.29 is 9.66 Å². The lowest BCUT2D eigenvalue weighted by Gasteiger charge is -2.05. The van der Waals surface area contributed by atoms with Crippen molar-refractivity contribution in [3.63, 3.8) is 0 Å². The van der Waals surface area contributed by atoms with Crippen LogP contribution in [0.4, 0.5) is 5.82 Å². The highest BCUT2D eigenvalue weighted by Crippen LogP contribution is 2.17. The highest BCUT2D eigenvalue weighted by atomic mass is 35.5. The molecule has 7 heteroatoms. The van der Waals surface area contributed by atoms with E-state index in [9.17, 15) is 10.1 Å². The number of hydrogen-bond acceptors (Lipinski definition) is 4. The van der Waals surface area contributed by atoms with E-state index in [1.807, 2.05) is 0 Å². The number of ether oxygens (including phenoxy) is 1. The maximum absolute atomic E-state index is 10.4. The summed E-state index contributed by atoms with van der Waals surface area (Å²) in [5.74, 6) is 0.495. The van der Waals surface area contributed by atoms with E-state index < -0.39 is 4.92 Å². The molecule has 0 aliphatic heterocycles. The summed E-state index contributed by atoms with van der Waals surface area (Å²) < 4.78 is 7.06. The summed E-state index contributed by atoms with van der Waals surface area (Å²) in [7, 11) is 0. The van der Waals surface area contributed by atoms with Gasteiger partial charge in [0.2, 0.25) is 6.33 Å². The van der Waals surface area contributed by atoms with Gasteiger partial charge in [0.25, 0.3) is 0 Å². The average Bonchev–Trinajstić information content (AvgIpc) is 2.78. The van der Waals surface area contributed by atoms with E-state index in [0.717, 1.165) is 0 Å². The molecular weight excluding hydrogens is 258 g/mol. The van der Waals surface area contributed by atoms with Gasteiger partial charge >= 0.3 is 5.82 Å². The van der Waals surface area contributed by atoms with Gasteiger partial charge in [-0.05, 0) is 28.1 Å². The number of nitrogens with zero attached hydrogens (tertiary/aromatic N) is 3. The van der Waals surface area contributed by atoms with Crippen molar-refractivity contribution in [1.82, 2.24) is 9.55 Å². The van der Waals surface area contributed by atoms with Crippen LogP contribution >= 0.6 is 11.6 Å². The molecule has 0 unspecified atom stereocenters. The molecule has 0 amide bonds. The lowest BCUT2D eigenvalue weighted by atomic mass is 10.3. The van der Waals surface area contributed by atoms with Crippen LogP contribution in [-0.2, 0) is 6.54 Å². The fourth-order valence-electron chi connectivity index (χ4n) is 1.39. The minimum absolute atomic E-state index is 0.169. The Morgan fingerprint density at radius 1 is 1.50 bits per heavy atom. The van der Waals surface area contributed by atoms with Gasteiger partial charge in [-0.15, -0.1) is 0 Å². The van der Waals surface area contributed by atoms with Crippen molar-refractivity contribution in [1.29, 1.82) is 0 Å². The summed E-state index contributed by atoms with van der Waals surface area (Å²) in [6.45, 7) is 0.862. The lowest BCUT2D eigenvalue weighted by molar-refractivity contribution is -0.389. The van der Waals surface area contributed by atoms with E-state index in [1.165, 1.54) is 12.5 Å². The molecule has 94 valence electrons. The van der Waals surface area contributed by atoms with Crippen molar-refractivity contribution in [2.24, 2.45) is 0 Å². The summed E-state index contributed by atoms with van der Waals surface area (Å²) in [6.07, 6.45) is 2.76. The van der Waals surface area contributed by atoms with Crippen molar-refractivity contribution in [2.75, 3.05) is 6.61 Å². The highest BCUT2D eigenvalue weighted by Gasteiger charge is 2.09. The number of halogens is 1. The predicted molar refractivity (Wildman–Crippen MR) is 65.8 cm³/mol. The van der Waals surface area contributed by atoms with Gasteiger partial charge in [-0.25, -0.2) is 0 Å². The normalized spacial score (nSPS) is 10.3. The first-order valence-electron chi connectivity index (χ1n) is 5.20. The smallest absolute Gasteiger partial charge is 0.381 e. The molecule has 0 saturated carbocycles. The van der Waals surface area contributed by atoms with Crippen molar-refractivity contribution in [2.45, 2.75) is 6.54 Å². The Bertz CT molecular complexity index is 556. The number of aromatic nitrogens is 2. The molecule has 18 heavy (non-hydrogen) atoms. The van der Waals surface area contributed by atoms with Crippen LogP contribution < -0.4 is 4.74 Å². The Kier molecular flexibility index (Phi) is 3.78. The third kappa shape index (κ3) is 3.21. The maximum Gasteiger partial charge on any atom is 0.381 e. The van der Waals surface area contributed by atoms with Crippen LogP contribution in [0.25, 0.3) is 0 Å². The molecule has 2 rings (SSSR count). The molecule has 0 saturated heterocycles. The summed E-state index contributed by atoms with van der Waals surface area (Å²) in [5, 5.41) is 11.0. The van der Waals surface area contributed by atoms with E-state index in [-0.39, 0.29) is 5.82 Å². The fraction of sp³-hybridized carbons (Fsp3) is 0.182. The number of rotatable bonds is 5. The fourth-order valence-corrected chi connectivity index (χ4v) is 1.57. The molecule has 0 atom stereocenters. The van der Waals surface area contributed by atoms with Crippen LogP contribution in [0.2, 0.25) is 5.02 Å². The molecule has 0 aliphatic carbocycles. The summed E-state index contributed by atoms with van der Waals surface area (Å²) >= 11 is 5.81. The zero-order valence-electron chi connectivity index (χ0n) is 9.32. The average molecular weight is 268 g/mol. The topological polar surface area (TPSA) is 70.2 Å². The molecule has 0 aliphatic rings. The molecule has 1 aromatic carbocycles. The van der Waals surface area contributed by atoms with E-state index in [2.05, 4.69) is 4.98 Å². The first-order valence-corrected chi connectivity index (χ1v) is 5.57. The van der Waals surface area contributed by atoms with Gasteiger partial charge in [0.1, 0.15) is 18.6 Å². The quantitative estimate of drug-likeness (QED) is 0.616. The van der Waals surface area contributed by atoms with Crippen LogP contribution in [0.3, 0.4) is 0 Å². The molecule has 0 spiro atoms. The van der Waals surface area contributed by atoms with Gasteiger partial charge in [-0.1, -0.05) is 17.7 Å². The second-order valence-corrected chi connectivity index (χ2v) is 3.97. The summed E-state index contributed by atoms with van der Waals surface area (Å²) in [4.78, 5) is 13.5.